The largest absolute Gasteiger partial charge is 0.480 e. The Morgan fingerprint density at radius 1 is 1.06 bits per heavy atom. The van der Waals surface area contributed by atoms with Gasteiger partial charge in [0.25, 0.3) is 0 Å². The number of benzene rings is 1. The average molecular weight is 475 g/mol. The van der Waals surface area contributed by atoms with Crippen LogP contribution in [0, 0.1) is 11.8 Å². The molecule has 0 unspecified atom stereocenters. The summed E-state index contributed by atoms with van der Waals surface area (Å²) in [5.41, 5.74) is 6.75. The molecule has 0 aliphatic carbocycles. The predicted molar refractivity (Wildman–Crippen MR) is 129 cm³/mol. The number of carbonyl (C=O) groups excluding carboxylic acids is 3. The van der Waals surface area contributed by atoms with Gasteiger partial charge in [0.2, 0.25) is 17.7 Å². The maximum absolute atomic E-state index is 13.4. The van der Waals surface area contributed by atoms with Gasteiger partial charge in [0.15, 0.2) is 0 Å². The van der Waals surface area contributed by atoms with E-state index in [0.29, 0.717) is 25.8 Å². The molecule has 34 heavy (non-hydrogen) atoms. The highest BCUT2D eigenvalue weighted by molar-refractivity contribution is 5.94. The number of nitrogens with one attached hydrogen (secondary N) is 2. The van der Waals surface area contributed by atoms with Gasteiger partial charge in [-0.1, -0.05) is 58.0 Å². The van der Waals surface area contributed by atoms with Crippen LogP contribution < -0.4 is 16.4 Å². The fourth-order valence-corrected chi connectivity index (χ4v) is 4.08. The van der Waals surface area contributed by atoms with E-state index in [1.165, 1.54) is 4.90 Å². The van der Waals surface area contributed by atoms with Crippen LogP contribution in [-0.4, -0.2) is 64.4 Å². The van der Waals surface area contributed by atoms with Crippen LogP contribution in [0.1, 0.15) is 52.5 Å². The minimum Gasteiger partial charge on any atom is -0.480 e. The van der Waals surface area contributed by atoms with Gasteiger partial charge in [-0.15, -0.1) is 0 Å². The summed E-state index contributed by atoms with van der Waals surface area (Å²) in [7, 11) is 0. The fraction of sp³-hybridized carbons (Fsp3) is 0.600. The van der Waals surface area contributed by atoms with E-state index in [1.54, 1.807) is 12.1 Å². The lowest BCUT2D eigenvalue weighted by Crippen LogP contribution is -2.57. The highest BCUT2D eigenvalue weighted by Gasteiger charge is 2.39. The topological polar surface area (TPSA) is 142 Å². The Hall–Kier alpha value is -2.94. The lowest BCUT2D eigenvalue weighted by Gasteiger charge is -2.31. The first kappa shape index (κ1) is 27.3. The summed E-state index contributed by atoms with van der Waals surface area (Å²) in [5.74, 6) is -2.34. The third kappa shape index (κ3) is 7.55. The van der Waals surface area contributed by atoms with Crippen molar-refractivity contribution in [3.63, 3.8) is 0 Å². The molecule has 1 saturated heterocycles. The quantitative estimate of drug-likeness (QED) is 0.381. The highest BCUT2D eigenvalue weighted by atomic mass is 16.4. The normalized spacial score (nSPS) is 18.4. The van der Waals surface area contributed by atoms with E-state index in [0.717, 1.165) is 5.56 Å². The standard InChI is InChI=1S/C25H38N4O5/c1-15(2)13-18(27-23(31)21(26)16(3)4)24(32)29-12-8-11-20(29)22(30)28-19(25(33)34)14-17-9-6-5-7-10-17/h5-7,9-10,15-16,18-21H,8,11-14,26H2,1-4H3,(H,27,31)(H,28,30)(H,33,34)/t18-,19-,20-,21-/m0/s1. The number of carboxylic acid groups (broad SMARTS) is 1. The Labute approximate surface area is 201 Å². The van der Waals surface area contributed by atoms with Crippen LogP contribution in [0.25, 0.3) is 0 Å². The number of rotatable bonds is 11. The third-order valence-electron chi connectivity index (χ3n) is 6.08. The molecule has 1 aromatic rings. The Balaban J connectivity index is 2.13. The van der Waals surface area contributed by atoms with Crippen LogP contribution in [0.3, 0.4) is 0 Å². The van der Waals surface area contributed by atoms with E-state index >= 15 is 0 Å². The molecule has 9 nitrogen and oxygen atoms in total. The maximum Gasteiger partial charge on any atom is 0.326 e. The zero-order chi connectivity index (χ0) is 25.4. The number of hydrogen-bond acceptors (Lipinski definition) is 5. The average Bonchev–Trinajstić information content (AvgIpc) is 3.27. The van der Waals surface area contributed by atoms with Gasteiger partial charge in [-0.2, -0.15) is 0 Å². The molecule has 0 saturated carbocycles. The van der Waals surface area contributed by atoms with Gasteiger partial charge < -0.3 is 26.4 Å². The van der Waals surface area contributed by atoms with Crippen molar-refractivity contribution in [1.29, 1.82) is 0 Å². The molecule has 1 aliphatic rings. The van der Waals surface area contributed by atoms with Gasteiger partial charge in [0.1, 0.15) is 18.1 Å². The molecule has 1 aromatic carbocycles. The SMILES string of the molecule is CC(C)C[C@H](NC(=O)[C@@H](N)C(C)C)C(=O)N1CCC[C@H]1C(=O)N[C@@H](Cc1ccccc1)C(=O)O. The van der Waals surface area contributed by atoms with Gasteiger partial charge in [-0.25, -0.2) is 4.79 Å². The van der Waals surface area contributed by atoms with Crippen LogP contribution in [-0.2, 0) is 25.6 Å². The van der Waals surface area contributed by atoms with Crippen molar-refractivity contribution in [3.05, 3.63) is 35.9 Å². The molecule has 1 aliphatic heterocycles. The van der Waals surface area contributed by atoms with Crippen LogP contribution in [0.2, 0.25) is 0 Å². The summed E-state index contributed by atoms with van der Waals surface area (Å²) < 4.78 is 0. The summed E-state index contributed by atoms with van der Waals surface area (Å²) in [5, 5.41) is 15.0. The van der Waals surface area contributed by atoms with Crippen molar-refractivity contribution in [1.82, 2.24) is 15.5 Å². The second-order valence-corrected chi connectivity index (χ2v) is 9.74. The minimum atomic E-state index is -1.14. The monoisotopic (exact) mass is 474 g/mol. The smallest absolute Gasteiger partial charge is 0.326 e. The lowest BCUT2D eigenvalue weighted by atomic mass is 9.99. The van der Waals surface area contributed by atoms with Gasteiger partial charge in [-0.3, -0.25) is 14.4 Å². The highest BCUT2D eigenvalue weighted by Crippen LogP contribution is 2.21. The molecule has 0 bridgehead atoms. The molecule has 1 fully saturated rings. The molecule has 0 spiro atoms. The molecular formula is C25H38N4O5. The summed E-state index contributed by atoms with van der Waals surface area (Å²) in [6, 6.07) is 5.62. The number of aliphatic carboxylic acids is 1. The van der Waals surface area contributed by atoms with E-state index in [1.807, 2.05) is 45.9 Å². The van der Waals surface area contributed by atoms with E-state index in [9.17, 15) is 24.3 Å². The first-order valence-corrected chi connectivity index (χ1v) is 11.9. The van der Waals surface area contributed by atoms with Gasteiger partial charge >= 0.3 is 5.97 Å². The third-order valence-corrected chi connectivity index (χ3v) is 6.08. The molecular weight excluding hydrogens is 436 g/mol. The predicted octanol–water partition coefficient (Wildman–Crippen LogP) is 1.30. The van der Waals surface area contributed by atoms with Crippen LogP contribution in [0.4, 0.5) is 0 Å². The Morgan fingerprint density at radius 3 is 2.26 bits per heavy atom. The number of carbonyl (C=O) groups is 4. The molecule has 2 rings (SSSR count). The molecule has 0 radical (unpaired) electrons. The van der Waals surface area contributed by atoms with Crippen LogP contribution in [0.15, 0.2) is 30.3 Å². The maximum atomic E-state index is 13.4. The van der Waals surface area contributed by atoms with Crippen molar-refractivity contribution in [2.75, 3.05) is 6.54 Å². The van der Waals surface area contributed by atoms with Crippen molar-refractivity contribution < 1.29 is 24.3 Å². The van der Waals surface area contributed by atoms with Crippen molar-refractivity contribution in [3.8, 4) is 0 Å². The van der Waals surface area contributed by atoms with Crippen LogP contribution in [0.5, 0.6) is 0 Å². The second kappa shape index (κ2) is 12.5. The molecule has 3 amide bonds. The zero-order valence-electron chi connectivity index (χ0n) is 20.5. The van der Waals surface area contributed by atoms with E-state index in [4.69, 9.17) is 5.73 Å². The van der Waals surface area contributed by atoms with Crippen molar-refractivity contribution in [2.45, 2.75) is 77.5 Å². The number of amides is 3. The summed E-state index contributed by atoms with van der Waals surface area (Å²) in [6.45, 7) is 7.93. The summed E-state index contributed by atoms with van der Waals surface area (Å²) in [6.07, 6.45) is 1.60. The number of carboxylic acids is 1. The number of likely N-dealkylation sites (tertiary alicyclic amines) is 1. The fourth-order valence-electron chi connectivity index (χ4n) is 4.08. The molecule has 188 valence electrons. The first-order valence-electron chi connectivity index (χ1n) is 11.9. The lowest BCUT2D eigenvalue weighted by molar-refractivity contribution is -0.145. The Morgan fingerprint density at radius 2 is 1.71 bits per heavy atom. The van der Waals surface area contributed by atoms with Crippen molar-refractivity contribution >= 4 is 23.7 Å². The van der Waals surface area contributed by atoms with Gasteiger partial charge in [-0.05, 0) is 36.7 Å². The van der Waals surface area contributed by atoms with Crippen molar-refractivity contribution in [2.24, 2.45) is 17.6 Å². The summed E-state index contributed by atoms with van der Waals surface area (Å²) >= 11 is 0. The molecule has 4 atom stereocenters. The Kier molecular flexibility index (Phi) is 10.0. The first-order chi connectivity index (χ1) is 16.0. The minimum absolute atomic E-state index is 0.0855. The molecule has 0 aromatic heterocycles. The zero-order valence-corrected chi connectivity index (χ0v) is 20.5. The number of nitrogens with two attached hydrogens (primary N) is 1. The second-order valence-electron chi connectivity index (χ2n) is 9.74. The summed E-state index contributed by atoms with van der Waals surface area (Å²) in [4.78, 5) is 52.3. The number of nitrogens with zero attached hydrogens (tertiary/aromatic N) is 1. The van der Waals surface area contributed by atoms with E-state index in [-0.39, 0.29) is 24.2 Å². The molecule has 9 heteroatoms. The van der Waals surface area contributed by atoms with Gasteiger partial charge in [0, 0.05) is 13.0 Å². The van der Waals surface area contributed by atoms with E-state index in [2.05, 4.69) is 10.6 Å². The molecule has 5 N–H and O–H groups in total. The molecule has 1 heterocycles. The van der Waals surface area contributed by atoms with Crippen LogP contribution >= 0.6 is 0 Å². The number of hydrogen-bond donors (Lipinski definition) is 4. The van der Waals surface area contributed by atoms with E-state index < -0.39 is 42.0 Å². The van der Waals surface area contributed by atoms with Gasteiger partial charge in [0.05, 0.1) is 6.04 Å². The Bertz CT molecular complexity index is 858.